The summed E-state index contributed by atoms with van der Waals surface area (Å²) in [5, 5.41) is 10.1. The summed E-state index contributed by atoms with van der Waals surface area (Å²) in [7, 11) is 0. The molecule has 1 N–H and O–H groups in total. The summed E-state index contributed by atoms with van der Waals surface area (Å²) in [4.78, 5) is 30.0. The molecule has 5 heteroatoms. The molecule has 1 aromatic heterocycles. The molecule has 0 radical (unpaired) electrons. The van der Waals surface area contributed by atoms with Crippen molar-refractivity contribution in [3.05, 3.63) is 52.3 Å². The number of hydrogen-bond donors (Lipinski definition) is 1. The van der Waals surface area contributed by atoms with Crippen molar-refractivity contribution in [3.8, 4) is 5.75 Å². The van der Waals surface area contributed by atoms with Gasteiger partial charge in [-0.1, -0.05) is 6.92 Å². The first-order valence-corrected chi connectivity index (χ1v) is 7.57. The Bertz CT molecular complexity index is 783. The summed E-state index contributed by atoms with van der Waals surface area (Å²) < 4.78 is 0. The number of carbonyl (C=O) groups is 2. The lowest BCUT2D eigenvalue weighted by Gasteiger charge is -2.19. The van der Waals surface area contributed by atoms with Gasteiger partial charge in [-0.15, -0.1) is 11.8 Å². The molecular weight excluding hydrogens is 286 g/mol. The van der Waals surface area contributed by atoms with Crippen LogP contribution in [-0.2, 0) is 0 Å². The number of phenols is 1. The second-order valence-electron chi connectivity index (χ2n) is 4.83. The molecule has 0 spiro atoms. The van der Waals surface area contributed by atoms with Gasteiger partial charge < -0.3 is 5.11 Å². The average Bonchev–Trinajstić information content (AvgIpc) is 2.44. The highest BCUT2D eigenvalue weighted by molar-refractivity contribution is 7.99. The van der Waals surface area contributed by atoms with E-state index in [4.69, 9.17) is 0 Å². The van der Waals surface area contributed by atoms with E-state index in [0.29, 0.717) is 11.3 Å². The van der Waals surface area contributed by atoms with Gasteiger partial charge in [-0.05, 0) is 30.9 Å². The molecule has 1 aliphatic carbocycles. The maximum atomic E-state index is 12.6. The second kappa shape index (κ2) is 5.00. The predicted molar refractivity (Wildman–Crippen MR) is 80.3 cm³/mol. The molecule has 21 heavy (non-hydrogen) atoms. The quantitative estimate of drug-likeness (QED) is 0.737. The van der Waals surface area contributed by atoms with Crippen LogP contribution in [0.15, 0.2) is 29.3 Å². The minimum absolute atomic E-state index is 0.0820. The second-order valence-corrected chi connectivity index (χ2v) is 6.16. The largest absolute Gasteiger partial charge is 0.507 e. The summed E-state index contributed by atoms with van der Waals surface area (Å²) >= 11 is 1.51. The lowest BCUT2D eigenvalue weighted by molar-refractivity contribution is 0.0976. The van der Waals surface area contributed by atoms with Gasteiger partial charge in [-0.2, -0.15) is 0 Å². The smallest absolute Gasteiger partial charge is 0.199 e. The van der Waals surface area contributed by atoms with Crippen molar-refractivity contribution < 1.29 is 14.7 Å². The van der Waals surface area contributed by atoms with Crippen LogP contribution in [0.3, 0.4) is 0 Å². The van der Waals surface area contributed by atoms with Crippen LogP contribution in [0.4, 0.5) is 0 Å². The fourth-order valence-corrected chi connectivity index (χ4v) is 3.21. The zero-order chi connectivity index (χ0) is 15.1. The summed E-state index contributed by atoms with van der Waals surface area (Å²) in [5.41, 5.74) is 1.65. The van der Waals surface area contributed by atoms with Crippen molar-refractivity contribution in [2.45, 2.75) is 18.7 Å². The van der Waals surface area contributed by atoms with Gasteiger partial charge in [-0.25, -0.2) is 0 Å². The Kier molecular flexibility index (Phi) is 3.29. The Morgan fingerprint density at radius 1 is 1.10 bits per heavy atom. The minimum atomic E-state index is -0.349. The number of benzene rings is 1. The molecule has 0 saturated carbocycles. The van der Waals surface area contributed by atoms with Gasteiger partial charge >= 0.3 is 0 Å². The maximum Gasteiger partial charge on any atom is 0.199 e. The molecule has 106 valence electrons. The van der Waals surface area contributed by atoms with Gasteiger partial charge in [0, 0.05) is 27.9 Å². The SMILES string of the molecule is CCSc1cc(O)c2c(c1)C(=O)c1cc(C)ncc1C2=O. The van der Waals surface area contributed by atoms with Crippen molar-refractivity contribution in [2.24, 2.45) is 0 Å². The molecule has 1 heterocycles. The van der Waals surface area contributed by atoms with Gasteiger partial charge in [-0.3, -0.25) is 14.6 Å². The minimum Gasteiger partial charge on any atom is -0.507 e. The number of aromatic nitrogens is 1. The highest BCUT2D eigenvalue weighted by Crippen LogP contribution is 2.36. The first kappa shape index (κ1) is 13.8. The standard InChI is InChI=1S/C16H13NO3S/c1-3-21-9-5-11-14(13(18)6-9)16(20)12-7-17-8(2)4-10(12)15(11)19/h4-7,18H,3H2,1-2H3. The van der Waals surface area contributed by atoms with Gasteiger partial charge in [0.1, 0.15) is 5.75 Å². The molecule has 0 atom stereocenters. The molecule has 0 fully saturated rings. The number of carbonyl (C=O) groups excluding carboxylic acids is 2. The van der Waals surface area contributed by atoms with Crippen LogP contribution in [-0.4, -0.2) is 27.4 Å². The number of nitrogens with zero attached hydrogens (tertiary/aromatic N) is 1. The molecule has 1 aliphatic rings. The van der Waals surface area contributed by atoms with Crippen molar-refractivity contribution in [1.29, 1.82) is 0 Å². The third-order valence-corrected chi connectivity index (χ3v) is 4.26. The van der Waals surface area contributed by atoms with Crippen LogP contribution in [0.1, 0.15) is 44.5 Å². The van der Waals surface area contributed by atoms with E-state index in [0.717, 1.165) is 10.6 Å². The fraction of sp³-hybridized carbons (Fsp3) is 0.188. The number of fused-ring (bicyclic) bond motifs is 2. The van der Waals surface area contributed by atoms with E-state index >= 15 is 0 Å². The highest BCUT2D eigenvalue weighted by atomic mass is 32.2. The molecule has 0 saturated heterocycles. The Morgan fingerprint density at radius 3 is 2.57 bits per heavy atom. The van der Waals surface area contributed by atoms with Crippen LogP contribution in [0.2, 0.25) is 0 Å². The van der Waals surface area contributed by atoms with Crippen molar-refractivity contribution in [3.63, 3.8) is 0 Å². The average molecular weight is 299 g/mol. The van der Waals surface area contributed by atoms with Crippen LogP contribution in [0, 0.1) is 6.92 Å². The summed E-state index contributed by atoms with van der Waals surface area (Å²) in [5.74, 6) is 0.0876. The van der Waals surface area contributed by atoms with Crippen molar-refractivity contribution >= 4 is 23.3 Å². The zero-order valence-electron chi connectivity index (χ0n) is 11.6. The first-order chi connectivity index (χ1) is 10.0. The van der Waals surface area contributed by atoms with E-state index < -0.39 is 0 Å². The molecule has 0 aliphatic heterocycles. The first-order valence-electron chi connectivity index (χ1n) is 6.58. The Morgan fingerprint density at radius 2 is 1.86 bits per heavy atom. The van der Waals surface area contributed by atoms with E-state index in [9.17, 15) is 14.7 Å². The third-order valence-electron chi connectivity index (χ3n) is 3.40. The van der Waals surface area contributed by atoms with Gasteiger partial charge in [0.05, 0.1) is 11.1 Å². The molecular formula is C16H13NO3S. The molecule has 4 nitrogen and oxygen atoms in total. The predicted octanol–water partition coefficient (Wildman–Crippen LogP) is 2.98. The lowest BCUT2D eigenvalue weighted by atomic mass is 9.84. The summed E-state index contributed by atoms with van der Waals surface area (Å²) in [6.07, 6.45) is 1.40. The van der Waals surface area contributed by atoms with E-state index in [1.54, 1.807) is 19.1 Å². The van der Waals surface area contributed by atoms with Crippen LogP contribution in [0.25, 0.3) is 0 Å². The number of aryl methyl sites for hydroxylation is 1. The Hall–Kier alpha value is -2.14. The van der Waals surface area contributed by atoms with Crippen LogP contribution < -0.4 is 0 Å². The third kappa shape index (κ3) is 2.14. The molecule has 0 unspecified atom stereocenters. The number of thioether (sulfide) groups is 1. The zero-order valence-corrected chi connectivity index (χ0v) is 12.5. The van der Waals surface area contributed by atoms with E-state index in [1.165, 1.54) is 24.0 Å². The highest BCUT2D eigenvalue weighted by Gasteiger charge is 2.32. The van der Waals surface area contributed by atoms with Crippen LogP contribution >= 0.6 is 11.8 Å². The van der Waals surface area contributed by atoms with Crippen molar-refractivity contribution in [2.75, 3.05) is 5.75 Å². The van der Waals surface area contributed by atoms with Crippen LogP contribution in [0.5, 0.6) is 5.75 Å². The molecule has 2 aromatic rings. The Labute approximate surface area is 126 Å². The maximum absolute atomic E-state index is 12.6. The number of phenolic OH excluding ortho intramolecular Hbond substituents is 1. The number of aromatic hydroxyl groups is 1. The summed E-state index contributed by atoms with van der Waals surface area (Å²) in [6.45, 7) is 3.76. The fourth-order valence-electron chi connectivity index (χ4n) is 2.48. The Balaban J connectivity index is 2.25. The monoisotopic (exact) mass is 299 g/mol. The number of ketones is 2. The van der Waals surface area contributed by atoms with E-state index in [2.05, 4.69) is 4.98 Å². The normalized spacial score (nSPS) is 13.0. The summed E-state index contributed by atoms with van der Waals surface area (Å²) in [6, 6.07) is 4.84. The van der Waals surface area contributed by atoms with E-state index in [1.807, 2.05) is 6.92 Å². The molecule has 0 bridgehead atoms. The lowest BCUT2D eigenvalue weighted by Crippen LogP contribution is -2.21. The molecule has 1 aromatic carbocycles. The molecule has 3 rings (SSSR count). The number of hydrogen-bond acceptors (Lipinski definition) is 5. The number of rotatable bonds is 2. The molecule has 0 amide bonds. The van der Waals surface area contributed by atoms with Gasteiger partial charge in [0.15, 0.2) is 11.6 Å². The topological polar surface area (TPSA) is 67.3 Å². The van der Waals surface area contributed by atoms with Crippen molar-refractivity contribution in [1.82, 2.24) is 4.98 Å². The number of pyridine rings is 1. The van der Waals surface area contributed by atoms with Gasteiger partial charge in [0.2, 0.25) is 0 Å². The van der Waals surface area contributed by atoms with Gasteiger partial charge in [0.25, 0.3) is 0 Å². The van der Waals surface area contributed by atoms with E-state index in [-0.39, 0.29) is 34.0 Å².